The Morgan fingerprint density at radius 1 is 1.25 bits per heavy atom. The van der Waals surface area contributed by atoms with Gasteiger partial charge in [0.15, 0.2) is 0 Å². The molecule has 3 rings (SSSR count). The molecule has 1 aromatic carbocycles. The van der Waals surface area contributed by atoms with Crippen molar-refractivity contribution in [3.8, 4) is 0 Å². The van der Waals surface area contributed by atoms with Crippen LogP contribution in [0.1, 0.15) is 28.2 Å². The second-order valence-electron chi connectivity index (χ2n) is 5.78. The molecule has 0 aliphatic carbocycles. The fourth-order valence-corrected chi connectivity index (χ4v) is 3.42. The smallest absolute Gasteiger partial charge is 0.261 e. The van der Waals surface area contributed by atoms with Crippen LogP contribution in [0.5, 0.6) is 0 Å². The number of thiophene rings is 1. The Bertz CT molecular complexity index is 688. The minimum absolute atomic E-state index is 0.00716. The number of ether oxygens (including phenoxy) is 1. The maximum atomic E-state index is 12.7. The Kier molecular flexibility index (Phi) is 5.27. The van der Waals surface area contributed by atoms with Gasteiger partial charge in [-0.2, -0.15) is 0 Å². The lowest BCUT2D eigenvalue weighted by Gasteiger charge is -2.39. The number of morpholine rings is 1. The highest BCUT2D eigenvalue weighted by Crippen LogP contribution is 2.26. The number of nitrogens with one attached hydrogen (secondary N) is 1. The summed E-state index contributed by atoms with van der Waals surface area (Å²) in [5.41, 5.74) is 1.04. The lowest BCUT2D eigenvalue weighted by molar-refractivity contribution is -0.143. The Balaban J connectivity index is 1.67. The number of amides is 2. The first-order valence-electron chi connectivity index (χ1n) is 7.93. The van der Waals surface area contributed by atoms with Crippen LogP contribution in [-0.2, 0) is 9.53 Å². The SMILES string of the molecule is C[C@@H]1CN(C(=O)CNC(=O)c2cccs2)[C@@H](c2ccccc2)CO1. The molecule has 2 amide bonds. The van der Waals surface area contributed by atoms with E-state index in [0.717, 1.165) is 5.56 Å². The highest BCUT2D eigenvalue weighted by molar-refractivity contribution is 7.12. The van der Waals surface area contributed by atoms with E-state index in [-0.39, 0.29) is 30.5 Å². The van der Waals surface area contributed by atoms with Gasteiger partial charge in [-0.25, -0.2) is 0 Å². The molecular weight excluding hydrogens is 324 g/mol. The molecule has 0 spiro atoms. The van der Waals surface area contributed by atoms with Gasteiger partial charge in [0.25, 0.3) is 5.91 Å². The predicted octanol–water partition coefficient (Wildman–Crippen LogP) is 2.47. The number of benzene rings is 1. The summed E-state index contributed by atoms with van der Waals surface area (Å²) >= 11 is 1.36. The summed E-state index contributed by atoms with van der Waals surface area (Å²) in [5.74, 6) is -0.306. The van der Waals surface area contributed by atoms with Crippen molar-refractivity contribution in [2.24, 2.45) is 0 Å². The third kappa shape index (κ3) is 3.83. The third-order valence-corrected chi connectivity index (χ3v) is 4.89. The average molecular weight is 344 g/mol. The standard InChI is InChI=1S/C18H20N2O3S/c1-13-11-20(15(12-23-13)14-6-3-2-4-7-14)17(21)10-19-18(22)16-8-5-9-24-16/h2-9,13,15H,10-12H2,1H3,(H,19,22)/t13-,15-/m1/s1. The van der Waals surface area contributed by atoms with Crippen molar-refractivity contribution in [3.05, 3.63) is 58.3 Å². The fraction of sp³-hybridized carbons (Fsp3) is 0.333. The minimum atomic E-state index is -0.212. The van der Waals surface area contributed by atoms with Crippen molar-refractivity contribution >= 4 is 23.2 Å². The van der Waals surface area contributed by atoms with E-state index in [9.17, 15) is 9.59 Å². The van der Waals surface area contributed by atoms with Gasteiger partial charge in [-0.3, -0.25) is 9.59 Å². The van der Waals surface area contributed by atoms with E-state index in [1.54, 1.807) is 11.0 Å². The molecule has 0 saturated carbocycles. The number of carbonyl (C=O) groups is 2. The zero-order valence-corrected chi connectivity index (χ0v) is 14.3. The zero-order chi connectivity index (χ0) is 16.9. The first kappa shape index (κ1) is 16.7. The van der Waals surface area contributed by atoms with E-state index < -0.39 is 0 Å². The van der Waals surface area contributed by atoms with Crippen LogP contribution in [0.2, 0.25) is 0 Å². The van der Waals surface area contributed by atoms with Crippen LogP contribution in [0, 0.1) is 0 Å². The van der Waals surface area contributed by atoms with Crippen LogP contribution in [0.15, 0.2) is 47.8 Å². The van der Waals surface area contributed by atoms with Gasteiger partial charge in [0.1, 0.15) is 0 Å². The molecule has 2 heterocycles. The maximum Gasteiger partial charge on any atom is 0.261 e. The molecule has 1 aromatic heterocycles. The maximum absolute atomic E-state index is 12.7. The summed E-state index contributed by atoms with van der Waals surface area (Å²) in [6.07, 6.45) is -0.0121. The highest BCUT2D eigenvalue weighted by Gasteiger charge is 2.31. The van der Waals surface area contributed by atoms with E-state index in [1.807, 2.05) is 48.7 Å². The number of carbonyl (C=O) groups excluding carboxylic acids is 2. The summed E-state index contributed by atoms with van der Waals surface area (Å²) in [4.78, 5) is 27.1. The molecule has 0 unspecified atom stereocenters. The largest absolute Gasteiger partial charge is 0.374 e. The second-order valence-corrected chi connectivity index (χ2v) is 6.72. The Hall–Kier alpha value is -2.18. The number of hydrogen-bond donors (Lipinski definition) is 1. The Morgan fingerprint density at radius 2 is 2.04 bits per heavy atom. The van der Waals surface area contributed by atoms with Crippen LogP contribution in [0.4, 0.5) is 0 Å². The molecule has 1 aliphatic rings. The van der Waals surface area contributed by atoms with Crippen LogP contribution < -0.4 is 5.32 Å². The summed E-state index contributed by atoms with van der Waals surface area (Å²) in [5, 5.41) is 4.55. The number of rotatable bonds is 4. The molecule has 1 N–H and O–H groups in total. The minimum Gasteiger partial charge on any atom is -0.374 e. The Morgan fingerprint density at radius 3 is 2.75 bits per heavy atom. The third-order valence-electron chi connectivity index (χ3n) is 4.02. The summed E-state index contributed by atoms with van der Waals surface area (Å²) in [6.45, 7) is 2.93. The van der Waals surface area contributed by atoms with Crippen molar-refractivity contribution < 1.29 is 14.3 Å². The first-order chi connectivity index (χ1) is 11.6. The average Bonchev–Trinajstić information content (AvgIpc) is 3.15. The van der Waals surface area contributed by atoms with Gasteiger partial charge in [0.2, 0.25) is 5.91 Å². The molecule has 1 saturated heterocycles. The van der Waals surface area contributed by atoms with Gasteiger partial charge < -0.3 is 15.0 Å². The van der Waals surface area contributed by atoms with Crippen LogP contribution in [-0.4, -0.2) is 42.5 Å². The fourth-order valence-electron chi connectivity index (χ4n) is 2.78. The van der Waals surface area contributed by atoms with E-state index in [1.165, 1.54) is 11.3 Å². The predicted molar refractivity (Wildman–Crippen MR) is 93.0 cm³/mol. The normalized spacial score (nSPS) is 20.6. The van der Waals surface area contributed by atoms with E-state index in [2.05, 4.69) is 5.32 Å². The van der Waals surface area contributed by atoms with Gasteiger partial charge >= 0.3 is 0 Å². The number of hydrogen-bond acceptors (Lipinski definition) is 4. The summed E-state index contributed by atoms with van der Waals surface area (Å²) in [6, 6.07) is 13.3. The second kappa shape index (κ2) is 7.59. The summed E-state index contributed by atoms with van der Waals surface area (Å²) < 4.78 is 5.73. The topological polar surface area (TPSA) is 58.6 Å². The molecule has 126 valence electrons. The molecule has 0 radical (unpaired) electrons. The van der Waals surface area contributed by atoms with E-state index >= 15 is 0 Å². The molecule has 1 aliphatic heterocycles. The van der Waals surface area contributed by atoms with Crippen LogP contribution in [0.3, 0.4) is 0 Å². The molecule has 6 heteroatoms. The van der Waals surface area contributed by atoms with Crippen LogP contribution in [0.25, 0.3) is 0 Å². The molecule has 24 heavy (non-hydrogen) atoms. The summed E-state index contributed by atoms with van der Waals surface area (Å²) in [7, 11) is 0. The number of nitrogens with zero attached hydrogens (tertiary/aromatic N) is 1. The van der Waals surface area contributed by atoms with E-state index in [4.69, 9.17) is 4.74 Å². The van der Waals surface area contributed by atoms with Gasteiger partial charge in [-0.15, -0.1) is 11.3 Å². The van der Waals surface area contributed by atoms with Crippen molar-refractivity contribution in [1.82, 2.24) is 10.2 Å². The van der Waals surface area contributed by atoms with Crippen molar-refractivity contribution in [2.75, 3.05) is 19.7 Å². The zero-order valence-electron chi connectivity index (χ0n) is 13.5. The quantitative estimate of drug-likeness (QED) is 0.927. The van der Waals surface area contributed by atoms with Gasteiger partial charge in [-0.05, 0) is 23.9 Å². The monoisotopic (exact) mass is 344 g/mol. The molecule has 0 bridgehead atoms. The first-order valence-corrected chi connectivity index (χ1v) is 8.81. The molecule has 1 fully saturated rings. The Labute approximate surface area is 145 Å². The van der Waals surface area contributed by atoms with Gasteiger partial charge in [-0.1, -0.05) is 36.4 Å². The van der Waals surface area contributed by atoms with Crippen molar-refractivity contribution in [2.45, 2.75) is 19.1 Å². The van der Waals surface area contributed by atoms with Crippen LogP contribution >= 0.6 is 11.3 Å². The van der Waals surface area contributed by atoms with Gasteiger partial charge in [0.05, 0.1) is 30.2 Å². The molecule has 2 atom stereocenters. The van der Waals surface area contributed by atoms with Crippen molar-refractivity contribution in [1.29, 1.82) is 0 Å². The molecule has 5 nitrogen and oxygen atoms in total. The highest BCUT2D eigenvalue weighted by atomic mass is 32.1. The van der Waals surface area contributed by atoms with E-state index in [0.29, 0.717) is 18.0 Å². The van der Waals surface area contributed by atoms with Gasteiger partial charge in [0, 0.05) is 6.54 Å². The lowest BCUT2D eigenvalue weighted by atomic mass is 10.0. The van der Waals surface area contributed by atoms with Crippen molar-refractivity contribution in [3.63, 3.8) is 0 Å². The molecule has 2 aromatic rings. The molecular formula is C18H20N2O3S. The lowest BCUT2D eigenvalue weighted by Crippen LogP contribution is -2.50.